The van der Waals surface area contributed by atoms with Crippen molar-refractivity contribution in [1.29, 1.82) is 0 Å². The number of para-hydroxylation sites is 1. The summed E-state index contributed by atoms with van der Waals surface area (Å²) in [7, 11) is 1.71. The topological polar surface area (TPSA) is 61.9 Å². The molecule has 0 spiro atoms. The van der Waals surface area contributed by atoms with Gasteiger partial charge in [-0.15, -0.1) is 11.8 Å². The summed E-state index contributed by atoms with van der Waals surface area (Å²) in [5.74, 6) is 1.26. The molecule has 5 rings (SSSR count). The van der Waals surface area contributed by atoms with Gasteiger partial charge in [-0.2, -0.15) is 0 Å². The van der Waals surface area contributed by atoms with Crippen molar-refractivity contribution in [3.05, 3.63) is 59.7 Å². The Labute approximate surface area is 180 Å². The van der Waals surface area contributed by atoms with Crippen molar-refractivity contribution in [2.24, 2.45) is 0 Å². The lowest BCUT2D eigenvalue weighted by Crippen LogP contribution is -2.57. The fourth-order valence-electron chi connectivity index (χ4n) is 4.77. The highest BCUT2D eigenvalue weighted by molar-refractivity contribution is 8.01. The van der Waals surface area contributed by atoms with Crippen molar-refractivity contribution in [1.82, 2.24) is 15.1 Å². The molecule has 2 aromatic carbocycles. The average molecular weight is 424 g/mol. The second kappa shape index (κ2) is 7.96. The van der Waals surface area contributed by atoms with Crippen LogP contribution in [0.1, 0.15) is 29.5 Å². The van der Waals surface area contributed by atoms with Crippen molar-refractivity contribution < 1.29 is 14.3 Å². The number of nitrogens with one attached hydrogen (secondary N) is 1. The summed E-state index contributed by atoms with van der Waals surface area (Å²) in [6.07, 6.45) is 1.05. The highest BCUT2D eigenvalue weighted by Crippen LogP contribution is 2.46. The van der Waals surface area contributed by atoms with Gasteiger partial charge in [-0.1, -0.05) is 36.4 Å². The van der Waals surface area contributed by atoms with Crippen LogP contribution in [0.2, 0.25) is 0 Å². The van der Waals surface area contributed by atoms with Crippen LogP contribution in [0.3, 0.4) is 0 Å². The number of carbonyl (C=O) groups excluding carboxylic acids is 2. The van der Waals surface area contributed by atoms with Gasteiger partial charge in [0.1, 0.15) is 11.0 Å². The monoisotopic (exact) mass is 423 g/mol. The van der Waals surface area contributed by atoms with Crippen LogP contribution >= 0.6 is 11.8 Å². The van der Waals surface area contributed by atoms with E-state index in [0.29, 0.717) is 19.0 Å². The van der Waals surface area contributed by atoms with Gasteiger partial charge in [-0.3, -0.25) is 9.69 Å². The Balaban J connectivity index is 1.22. The van der Waals surface area contributed by atoms with Crippen molar-refractivity contribution in [3.63, 3.8) is 0 Å². The first-order chi connectivity index (χ1) is 14.7. The van der Waals surface area contributed by atoms with E-state index in [1.165, 1.54) is 10.5 Å². The zero-order valence-corrected chi connectivity index (χ0v) is 17.7. The molecule has 2 aromatic rings. The fourth-order valence-corrected chi connectivity index (χ4v) is 6.11. The zero-order valence-electron chi connectivity index (χ0n) is 16.9. The average Bonchev–Trinajstić information content (AvgIpc) is 3.39. The molecule has 2 fully saturated rings. The number of rotatable bonds is 5. The third-order valence-corrected chi connectivity index (χ3v) is 7.69. The van der Waals surface area contributed by atoms with Crippen LogP contribution in [0, 0.1) is 0 Å². The minimum absolute atomic E-state index is 0.0783. The minimum Gasteiger partial charge on any atom is -0.496 e. The SMILES string of the molecule is COc1ccccc1[C@@H]1CCN(CCN2C(=O)NC3c4ccccc4SC3C2=O)C1. The lowest BCUT2D eigenvalue weighted by molar-refractivity contribution is -0.129. The van der Waals surface area contributed by atoms with Crippen LogP contribution in [-0.2, 0) is 4.79 Å². The molecule has 30 heavy (non-hydrogen) atoms. The first-order valence-electron chi connectivity index (χ1n) is 10.4. The summed E-state index contributed by atoms with van der Waals surface area (Å²) in [6.45, 7) is 2.98. The first-order valence-corrected chi connectivity index (χ1v) is 11.3. The lowest BCUT2D eigenvalue weighted by Gasteiger charge is -2.34. The number of fused-ring (bicyclic) bond motifs is 3. The molecule has 0 aliphatic carbocycles. The van der Waals surface area contributed by atoms with Gasteiger partial charge in [-0.05, 0) is 36.2 Å². The van der Waals surface area contributed by atoms with E-state index in [2.05, 4.69) is 16.3 Å². The second-order valence-electron chi connectivity index (χ2n) is 8.02. The maximum absolute atomic E-state index is 13.1. The van der Waals surface area contributed by atoms with Crippen LogP contribution in [0.25, 0.3) is 0 Å². The molecule has 0 aromatic heterocycles. The molecule has 0 bridgehead atoms. The molecule has 3 heterocycles. The highest BCUT2D eigenvalue weighted by Gasteiger charge is 2.46. The molecule has 3 atom stereocenters. The molecule has 2 unspecified atom stereocenters. The van der Waals surface area contributed by atoms with Gasteiger partial charge in [0.25, 0.3) is 0 Å². The first kappa shape index (κ1) is 19.5. The third kappa shape index (κ3) is 3.36. The molecule has 0 saturated carbocycles. The van der Waals surface area contributed by atoms with Crippen molar-refractivity contribution in [2.45, 2.75) is 28.5 Å². The molecular formula is C23H25N3O3S. The third-order valence-electron chi connectivity index (χ3n) is 6.34. The molecule has 1 N–H and O–H groups in total. The van der Waals surface area contributed by atoms with Crippen LogP contribution in [0.15, 0.2) is 53.4 Å². The number of methoxy groups -OCH3 is 1. The van der Waals surface area contributed by atoms with Gasteiger partial charge in [0.05, 0.1) is 13.2 Å². The van der Waals surface area contributed by atoms with E-state index < -0.39 is 0 Å². The van der Waals surface area contributed by atoms with E-state index in [1.54, 1.807) is 18.9 Å². The highest BCUT2D eigenvalue weighted by atomic mass is 32.2. The summed E-state index contributed by atoms with van der Waals surface area (Å²) in [5, 5.41) is 2.79. The minimum atomic E-state index is -0.279. The van der Waals surface area contributed by atoms with Gasteiger partial charge in [0, 0.05) is 30.4 Å². The zero-order chi connectivity index (χ0) is 20.7. The van der Waals surface area contributed by atoms with Crippen LogP contribution in [0.5, 0.6) is 5.75 Å². The van der Waals surface area contributed by atoms with Crippen molar-refractivity contribution in [3.8, 4) is 5.75 Å². The number of urea groups is 1. The summed E-state index contributed by atoms with van der Waals surface area (Å²) in [5.41, 5.74) is 2.28. The normalized spacial score (nSPS) is 25.8. The largest absolute Gasteiger partial charge is 0.496 e. The van der Waals surface area contributed by atoms with E-state index >= 15 is 0 Å². The number of hydrogen-bond donors (Lipinski definition) is 1. The van der Waals surface area contributed by atoms with Crippen molar-refractivity contribution in [2.75, 3.05) is 33.3 Å². The Bertz CT molecular complexity index is 982. The summed E-state index contributed by atoms with van der Waals surface area (Å²) >= 11 is 1.56. The quantitative estimate of drug-likeness (QED) is 0.800. The molecule has 3 amide bonds. The summed E-state index contributed by atoms with van der Waals surface area (Å²) in [6, 6.07) is 15.6. The molecule has 6 nitrogen and oxygen atoms in total. The van der Waals surface area contributed by atoms with Gasteiger partial charge >= 0.3 is 6.03 Å². The van der Waals surface area contributed by atoms with Crippen LogP contribution in [0.4, 0.5) is 4.79 Å². The van der Waals surface area contributed by atoms with E-state index in [1.807, 2.05) is 42.5 Å². The number of likely N-dealkylation sites (tertiary alicyclic amines) is 1. The fraction of sp³-hybridized carbons (Fsp3) is 0.391. The Hall–Kier alpha value is -2.51. The Morgan fingerprint density at radius 2 is 1.83 bits per heavy atom. The predicted molar refractivity (Wildman–Crippen MR) is 116 cm³/mol. The molecular weight excluding hydrogens is 398 g/mol. The predicted octanol–water partition coefficient (Wildman–Crippen LogP) is 3.25. The Kier molecular flexibility index (Phi) is 5.16. The number of amides is 3. The number of nitrogens with zero attached hydrogens (tertiary/aromatic N) is 2. The number of ether oxygens (including phenoxy) is 1. The molecule has 7 heteroatoms. The van der Waals surface area contributed by atoms with Crippen molar-refractivity contribution >= 4 is 23.7 Å². The van der Waals surface area contributed by atoms with E-state index in [-0.39, 0.29) is 23.2 Å². The van der Waals surface area contributed by atoms with Crippen LogP contribution in [-0.4, -0.2) is 60.3 Å². The van der Waals surface area contributed by atoms with Gasteiger partial charge < -0.3 is 15.0 Å². The molecule has 156 valence electrons. The summed E-state index contributed by atoms with van der Waals surface area (Å²) in [4.78, 5) is 30.6. The van der Waals surface area contributed by atoms with Gasteiger partial charge in [0.15, 0.2) is 0 Å². The van der Waals surface area contributed by atoms with Gasteiger partial charge in [-0.25, -0.2) is 4.79 Å². The molecule has 0 radical (unpaired) electrons. The Morgan fingerprint density at radius 3 is 2.67 bits per heavy atom. The number of benzene rings is 2. The van der Waals surface area contributed by atoms with Gasteiger partial charge in [0.2, 0.25) is 5.91 Å². The number of carbonyl (C=O) groups is 2. The standard InChI is InChI=1S/C23H25N3O3S/c1-29-18-8-4-2-6-16(18)15-10-11-25(14-15)12-13-26-22(27)21-20(24-23(26)28)17-7-3-5-9-19(17)30-21/h2-9,15,20-21H,10-14H2,1H3,(H,24,28)/t15-,20?,21?/m1/s1. The van der Waals surface area contributed by atoms with E-state index in [9.17, 15) is 9.59 Å². The second-order valence-corrected chi connectivity index (χ2v) is 9.20. The molecule has 3 aliphatic heterocycles. The smallest absolute Gasteiger partial charge is 0.324 e. The maximum atomic E-state index is 13.1. The number of imide groups is 1. The number of thioether (sulfide) groups is 1. The molecule has 3 aliphatic rings. The molecule has 2 saturated heterocycles. The maximum Gasteiger partial charge on any atom is 0.324 e. The number of hydrogen-bond acceptors (Lipinski definition) is 5. The van der Waals surface area contributed by atoms with E-state index in [4.69, 9.17) is 4.74 Å². The summed E-state index contributed by atoms with van der Waals surface area (Å²) < 4.78 is 5.52. The lowest BCUT2D eigenvalue weighted by atomic mass is 9.97. The Morgan fingerprint density at radius 1 is 1.07 bits per heavy atom. The van der Waals surface area contributed by atoms with Crippen LogP contribution < -0.4 is 10.1 Å². The van der Waals surface area contributed by atoms with E-state index in [0.717, 1.165) is 35.7 Å².